The summed E-state index contributed by atoms with van der Waals surface area (Å²) < 4.78 is 69.9. The lowest BCUT2D eigenvalue weighted by molar-refractivity contribution is -0.139. The van der Waals surface area contributed by atoms with Crippen molar-refractivity contribution >= 4 is 43.5 Å². The third-order valence-electron chi connectivity index (χ3n) is 6.61. The van der Waals surface area contributed by atoms with E-state index in [1.54, 1.807) is 43.3 Å². The van der Waals surface area contributed by atoms with Gasteiger partial charge in [-0.05, 0) is 68.3 Å². The number of aryl methyl sites for hydroxylation is 1. The summed E-state index contributed by atoms with van der Waals surface area (Å²) in [5.74, 6) is -1.19. The first-order valence-corrected chi connectivity index (χ1v) is 15.6. The molecule has 7 nitrogen and oxygen atoms in total. The number of hydrogen-bond donors (Lipinski definition) is 1. The molecule has 3 rings (SSSR count). The first-order chi connectivity index (χ1) is 19.7. The predicted octanol–water partition coefficient (Wildman–Crippen LogP) is 6.31. The molecular formula is C30H33BrF3N3O4S. The number of nitrogens with zero attached hydrogens (tertiary/aromatic N) is 2. The van der Waals surface area contributed by atoms with Crippen molar-refractivity contribution < 1.29 is 31.2 Å². The number of amides is 2. The van der Waals surface area contributed by atoms with Crippen molar-refractivity contribution in [3.63, 3.8) is 0 Å². The summed E-state index contributed by atoms with van der Waals surface area (Å²) >= 11 is 3.36. The standard InChI is InChI=1S/C30H33BrF3N3O4S/c1-4-5-17-35-29(39)22(3)36(19-23-11-13-25(31)14-12-23)28(38)20-37(26-8-6-7-24(18-26)30(32,33)34)42(40,41)27-15-9-21(2)10-16-27/h6-16,18,22H,4-5,17,19-20H2,1-3H3,(H,35,39). The Balaban J connectivity index is 2.06. The van der Waals surface area contributed by atoms with Crippen LogP contribution < -0.4 is 9.62 Å². The van der Waals surface area contributed by atoms with Crippen molar-refractivity contribution in [1.29, 1.82) is 0 Å². The van der Waals surface area contributed by atoms with Crippen molar-refractivity contribution in [1.82, 2.24) is 10.2 Å². The van der Waals surface area contributed by atoms with Gasteiger partial charge in [0.1, 0.15) is 12.6 Å². The van der Waals surface area contributed by atoms with Gasteiger partial charge in [0, 0.05) is 17.6 Å². The third kappa shape index (κ3) is 8.57. The normalized spacial score (nSPS) is 12.5. The van der Waals surface area contributed by atoms with E-state index >= 15 is 0 Å². The highest BCUT2D eigenvalue weighted by Gasteiger charge is 2.35. The van der Waals surface area contributed by atoms with Crippen molar-refractivity contribution in [2.24, 2.45) is 0 Å². The van der Waals surface area contributed by atoms with Crippen LogP contribution in [-0.4, -0.2) is 44.3 Å². The maximum absolute atomic E-state index is 13.9. The second-order valence-corrected chi connectivity index (χ2v) is 12.6. The van der Waals surface area contributed by atoms with Gasteiger partial charge in [-0.1, -0.05) is 65.2 Å². The SMILES string of the molecule is CCCCNC(=O)C(C)N(Cc1ccc(Br)cc1)C(=O)CN(c1cccc(C(F)(F)F)c1)S(=O)(=O)c1ccc(C)cc1. The Labute approximate surface area is 252 Å². The molecule has 1 N–H and O–H groups in total. The van der Waals surface area contributed by atoms with Gasteiger partial charge in [-0.2, -0.15) is 13.2 Å². The maximum Gasteiger partial charge on any atom is 0.416 e. The number of nitrogens with one attached hydrogen (secondary N) is 1. The molecule has 1 atom stereocenters. The maximum atomic E-state index is 13.9. The molecule has 0 saturated carbocycles. The van der Waals surface area contributed by atoms with Crippen LogP contribution in [0.5, 0.6) is 0 Å². The predicted molar refractivity (Wildman–Crippen MR) is 159 cm³/mol. The summed E-state index contributed by atoms with van der Waals surface area (Å²) in [4.78, 5) is 27.9. The monoisotopic (exact) mass is 667 g/mol. The Kier molecular flexibility index (Phi) is 11.2. The second-order valence-electron chi connectivity index (χ2n) is 9.84. The van der Waals surface area contributed by atoms with Crippen LogP contribution in [0.1, 0.15) is 43.4 Å². The zero-order chi connectivity index (χ0) is 31.1. The topological polar surface area (TPSA) is 86.8 Å². The Hall–Kier alpha value is -3.38. The Morgan fingerprint density at radius 3 is 2.24 bits per heavy atom. The van der Waals surface area contributed by atoms with E-state index in [1.165, 1.54) is 30.0 Å². The smallest absolute Gasteiger partial charge is 0.354 e. The van der Waals surface area contributed by atoms with Crippen molar-refractivity contribution in [3.8, 4) is 0 Å². The summed E-state index contributed by atoms with van der Waals surface area (Å²) in [6.45, 7) is 4.79. The van der Waals surface area contributed by atoms with Gasteiger partial charge in [-0.3, -0.25) is 13.9 Å². The van der Waals surface area contributed by atoms with Gasteiger partial charge in [0.25, 0.3) is 10.0 Å². The van der Waals surface area contributed by atoms with Crippen LogP contribution >= 0.6 is 15.9 Å². The molecule has 0 aliphatic heterocycles. The van der Waals surface area contributed by atoms with Crippen LogP contribution in [0.3, 0.4) is 0 Å². The highest BCUT2D eigenvalue weighted by molar-refractivity contribution is 9.10. The summed E-state index contributed by atoms with van der Waals surface area (Å²) in [7, 11) is -4.49. The average Bonchev–Trinajstić information content (AvgIpc) is 2.95. The summed E-state index contributed by atoms with van der Waals surface area (Å²) in [5.41, 5.74) is 0.0559. The van der Waals surface area contributed by atoms with Gasteiger partial charge in [-0.25, -0.2) is 8.42 Å². The van der Waals surface area contributed by atoms with E-state index in [1.807, 2.05) is 6.92 Å². The molecule has 0 aliphatic rings. The molecule has 226 valence electrons. The van der Waals surface area contributed by atoms with Crippen molar-refractivity contribution in [3.05, 3.63) is 94.0 Å². The molecule has 0 saturated heterocycles. The lowest BCUT2D eigenvalue weighted by Gasteiger charge is -2.32. The zero-order valence-corrected chi connectivity index (χ0v) is 25.9. The molecule has 0 aromatic heterocycles. The number of hydrogen-bond acceptors (Lipinski definition) is 4. The molecule has 0 radical (unpaired) electrons. The Bertz CT molecular complexity index is 1480. The lowest BCUT2D eigenvalue weighted by Crippen LogP contribution is -2.51. The minimum Gasteiger partial charge on any atom is -0.354 e. The molecule has 1 unspecified atom stereocenters. The van der Waals surface area contributed by atoms with Crippen LogP contribution in [-0.2, 0) is 32.3 Å². The molecule has 42 heavy (non-hydrogen) atoms. The highest BCUT2D eigenvalue weighted by atomic mass is 79.9. The number of carbonyl (C=O) groups excluding carboxylic acids is 2. The summed E-state index contributed by atoms with van der Waals surface area (Å²) in [6.07, 6.45) is -3.16. The van der Waals surface area contributed by atoms with E-state index in [2.05, 4.69) is 21.2 Å². The van der Waals surface area contributed by atoms with E-state index in [4.69, 9.17) is 0 Å². The Morgan fingerprint density at radius 1 is 1.00 bits per heavy atom. The molecule has 12 heteroatoms. The van der Waals surface area contributed by atoms with Crippen LogP contribution in [0.4, 0.5) is 18.9 Å². The molecule has 0 bridgehead atoms. The number of benzene rings is 3. The molecule has 0 heterocycles. The lowest BCUT2D eigenvalue weighted by atomic mass is 10.1. The van der Waals surface area contributed by atoms with E-state index < -0.39 is 46.2 Å². The molecular weight excluding hydrogens is 635 g/mol. The van der Waals surface area contributed by atoms with Crippen molar-refractivity contribution in [2.45, 2.75) is 57.3 Å². The fourth-order valence-corrected chi connectivity index (χ4v) is 5.78. The van der Waals surface area contributed by atoms with E-state index in [0.717, 1.165) is 35.0 Å². The molecule has 0 fully saturated rings. The van der Waals surface area contributed by atoms with Gasteiger partial charge in [0.15, 0.2) is 0 Å². The van der Waals surface area contributed by atoms with Crippen LogP contribution in [0.25, 0.3) is 0 Å². The average molecular weight is 669 g/mol. The van der Waals surface area contributed by atoms with E-state index in [9.17, 15) is 31.2 Å². The van der Waals surface area contributed by atoms with E-state index in [0.29, 0.717) is 22.5 Å². The minimum atomic E-state index is -4.74. The third-order valence-corrected chi connectivity index (χ3v) is 8.93. The Morgan fingerprint density at radius 2 is 1.64 bits per heavy atom. The number of halogens is 4. The zero-order valence-electron chi connectivity index (χ0n) is 23.5. The first-order valence-electron chi connectivity index (χ1n) is 13.3. The van der Waals surface area contributed by atoms with Gasteiger partial charge < -0.3 is 10.2 Å². The largest absolute Gasteiger partial charge is 0.416 e. The van der Waals surface area contributed by atoms with Gasteiger partial charge in [-0.15, -0.1) is 0 Å². The van der Waals surface area contributed by atoms with Crippen LogP contribution in [0, 0.1) is 6.92 Å². The number of sulfonamides is 1. The highest BCUT2D eigenvalue weighted by Crippen LogP contribution is 2.33. The van der Waals surface area contributed by atoms with E-state index in [-0.39, 0.29) is 17.1 Å². The first kappa shape index (κ1) is 33.1. The second kappa shape index (κ2) is 14.2. The fraction of sp³-hybridized carbons (Fsp3) is 0.333. The molecule has 0 spiro atoms. The summed E-state index contributed by atoms with van der Waals surface area (Å²) in [6, 6.07) is 15.6. The van der Waals surface area contributed by atoms with Crippen LogP contribution in [0.2, 0.25) is 0 Å². The van der Waals surface area contributed by atoms with Gasteiger partial charge in [0.2, 0.25) is 11.8 Å². The fourth-order valence-electron chi connectivity index (χ4n) is 4.11. The quantitative estimate of drug-likeness (QED) is 0.230. The minimum absolute atomic E-state index is 0.0323. The van der Waals surface area contributed by atoms with Crippen molar-refractivity contribution in [2.75, 3.05) is 17.4 Å². The number of carbonyl (C=O) groups is 2. The van der Waals surface area contributed by atoms with Gasteiger partial charge in [0.05, 0.1) is 16.1 Å². The van der Waals surface area contributed by atoms with Gasteiger partial charge >= 0.3 is 6.18 Å². The molecule has 0 aliphatic carbocycles. The number of rotatable bonds is 12. The molecule has 3 aromatic carbocycles. The summed E-state index contributed by atoms with van der Waals surface area (Å²) in [5, 5.41) is 2.79. The number of alkyl halides is 3. The molecule has 3 aromatic rings. The molecule has 2 amide bonds. The number of unbranched alkanes of at least 4 members (excludes halogenated alkanes) is 1. The number of anilines is 1. The van der Waals surface area contributed by atoms with Crippen LogP contribution in [0.15, 0.2) is 82.2 Å².